The number of nitrogens with one attached hydrogen (secondary N) is 10. The maximum atomic E-state index is 12.9. The number of hydrogen-bond acceptors (Lipinski definition) is 35. The van der Waals surface area contributed by atoms with Crippen LogP contribution in [-0.4, -0.2) is 266 Å². The first-order valence-electron chi connectivity index (χ1n) is 33.6. The predicted octanol–water partition coefficient (Wildman–Crippen LogP) is 0.149. The van der Waals surface area contributed by atoms with E-state index in [0.717, 1.165) is 43.3 Å². The van der Waals surface area contributed by atoms with Gasteiger partial charge in [0, 0.05) is 86.7 Å². The van der Waals surface area contributed by atoms with E-state index >= 15 is 0 Å². The topological polar surface area (TPSA) is 512 Å². The van der Waals surface area contributed by atoms with Crippen molar-refractivity contribution in [2.24, 2.45) is 25.2 Å². The Bertz CT molecular complexity index is 3970. The predicted molar refractivity (Wildman–Crippen MR) is 434 cm³/mol. The number of hydrazine groups is 4. The van der Waals surface area contributed by atoms with Gasteiger partial charge in [-0.1, -0.05) is 70.6 Å². The molecule has 50 heteroatoms. The second kappa shape index (κ2) is 43.9. The van der Waals surface area contributed by atoms with Crippen LogP contribution < -0.4 is 83.6 Å². The number of thioether (sulfide) groups is 9. The van der Waals surface area contributed by atoms with Crippen molar-refractivity contribution in [3.05, 3.63) is 56.8 Å². The van der Waals surface area contributed by atoms with Crippen LogP contribution in [0.5, 0.6) is 0 Å². The summed E-state index contributed by atoms with van der Waals surface area (Å²) >= 11 is 10.0. The van der Waals surface area contributed by atoms with E-state index in [1.165, 1.54) is 97.1 Å². The summed E-state index contributed by atoms with van der Waals surface area (Å²) in [6.45, 7) is 31.0. The fourth-order valence-corrected chi connectivity index (χ4v) is 21.9. The second-order valence-electron chi connectivity index (χ2n) is 25.9. The fourth-order valence-electron chi connectivity index (χ4n) is 10.2. The molecule has 111 heavy (non-hydrogen) atoms. The summed E-state index contributed by atoms with van der Waals surface area (Å²) in [6, 6.07) is -1.76. The number of amidine groups is 5. The summed E-state index contributed by atoms with van der Waals surface area (Å²) in [5, 5.41) is 65.3. The molecular formula is C61H88N21NaO17S11. The van der Waals surface area contributed by atoms with Crippen molar-refractivity contribution in [1.82, 2.24) is 83.7 Å². The zero-order chi connectivity index (χ0) is 81.3. The summed E-state index contributed by atoms with van der Waals surface area (Å²) in [6.07, 6.45) is 0. The quantitative estimate of drug-likeness (QED) is 0.00641. The number of fused-ring (bicyclic) bond motifs is 3. The van der Waals surface area contributed by atoms with Crippen molar-refractivity contribution in [2.45, 2.75) is 172 Å². The van der Waals surface area contributed by atoms with Gasteiger partial charge < -0.3 is 56.7 Å². The van der Waals surface area contributed by atoms with Gasteiger partial charge in [0.1, 0.15) is 51.3 Å². The van der Waals surface area contributed by atoms with Gasteiger partial charge in [0.15, 0.2) is 19.8 Å². The third-order valence-electron chi connectivity index (χ3n) is 14.9. The molecule has 0 aliphatic carbocycles. The van der Waals surface area contributed by atoms with E-state index < -0.39 is 86.2 Å². The van der Waals surface area contributed by atoms with Crippen LogP contribution >= 0.6 is 117 Å². The van der Waals surface area contributed by atoms with Crippen LogP contribution in [0.15, 0.2) is 75.8 Å². The van der Waals surface area contributed by atoms with E-state index in [4.69, 9.17) is 5.26 Å². The Morgan fingerprint density at radius 2 is 0.901 bits per heavy atom. The average molecular weight is 1760 g/mol. The SMILES string of the molecule is C=C(OO)N1NNN=C1SCC1=C(C(=O)O)N2C(=O)C(NC(=O)CSC(=NC(C)C)NC(C)C)C2SC1.CC(C)N=C(NC(C)C)SCC(=O)NC1C(=O)N2C(C(=O)O)=C(CSC3=NNNN3C(=O)S(=O)[O-])CSC12.Cc1nc(SCC2=C(C(=O)O)N3C(=O)C(NC(=O)CSC(=NC(C)C)NC(C)C)C3SC2)sc1C.[Na+]. The number of rotatable bonds is 27. The number of aromatic nitrogens is 1. The van der Waals surface area contributed by atoms with Gasteiger partial charge in [-0.25, -0.2) is 35.7 Å². The molecule has 1 aromatic heterocycles. The molecule has 0 aromatic carbocycles. The zero-order valence-electron chi connectivity index (χ0n) is 63.0. The van der Waals surface area contributed by atoms with E-state index in [1.54, 1.807) is 11.3 Å². The standard InChI is InChI=1S/C22H31N5O4S4.C20H30N8O6S3.C19H28N8O7S4.Na/c1-10(2)23-21(24-11(3)4)33-9-15(28)26-16-18(29)27-17(20(30)31)14(7-32-19(16)27)8-34-22-25-12(5)13(6)35-22;1-9(2)21-19(22-10(3)4)36-8-13(29)23-14-16(30)27-15(18(31)32)12(6-35-17(14)27)7-37-20-24-25-26-28(20)11(5)34-33;1-8(2)20-17(21-9(3)4)36-7-11(28)22-12-14(29)26-13(16(30)31)10(5-35-15(12)26)6-37-18-23-24-25-27(18)19(32)38(33)34;/h10-11,16,19H,7-9H2,1-6H3,(H,23,24)(H,26,28)(H,30,31);9-10,14,17,25-26,33H,5-8H2,1-4H3,(H,21,22)(H,23,29)(H,31,32);8-9,12,15,24-25H,5-7H2,1-4H3,(H,20,21)(H,22,28)(H,30,31)(H,33,34);/q;;;+1/p-1. The van der Waals surface area contributed by atoms with Crippen LogP contribution in [0.3, 0.4) is 0 Å². The number of carbonyl (C=O) groups excluding carboxylic acids is 7. The molecule has 0 radical (unpaired) electrons. The van der Waals surface area contributed by atoms with Crippen molar-refractivity contribution in [3.63, 3.8) is 0 Å². The molecule has 3 saturated heterocycles. The number of hydrazone groups is 2. The Morgan fingerprint density at radius 3 is 1.19 bits per heavy atom. The summed E-state index contributed by atoms with van der Waals surface area (Å²) in [4.78, 5) is 151. The summed E-state index contributed by atoms with van der Waals surface area (Å²) in [7, 11) is 0. The molecule has 8 aliphatic rings. The van der Waals surface area contributed by atoms with Gasteiger partial charge in [-0.3, -0.25) is 67.4 Å². The molecule has 1 aromatic rings. The average Bonchev–Trinajstić information content (AvgIpc) is 0.893. The van der Waals surface area contributed by atoms with Crippen LogP contribution in [-0.2, 0) is 59.1 Å². The van der Waals surface area contributed by atoms with E-state index in [-0.39, 0.29) is 146 Å². The van der Waals surface area contributed by atoms with Crippen molar-refractivity contribution < 1.29 is 112 Å². The zero-order valence-corrected chi connectivity index (χ0v) is 74.0. The Hall–Kier alpha value is -5.62. The number of carboxylic acids is 3. The number of β-lactam (4-membered cyclic amide) rings is 3. The molecule has 7 atom stereocenters. The Balaban J connectivity index is 0.000000259. The van der Waals surface area contributed by atoms with Crippen molar-refractivity contribution in [2.75, 3.05) is 51.8 Å². The van der Waals surface area contributed by atoms with Crippen LogP contribution in [0.1, 0.15) is 93.7 Å². The van der Waals surface area contributed by atoms with E-state index in [0.29, 0.717) is 59.7 Å². The smallest absolute Gasteiger partial charge is 0.765 e. The normalized spacial score (nSPS) is 21.1. The Labute approximate surface area is 707 Å². The third kappa shape index (κ3) is 25.9. The summed E-state index contributed by atoms with van der Waals surface area (Å²) < 4.78 is 22.8. The molecule has 0 spiro atoms. The van der Waals surface area contributed by atoms with E-state index in [2.05, 4.69) is 95.7 Å². The van der Waals surface area contributed by atoms with Gasteiger partial charge in [-0.05, 0) is 120 Å². The van der Waals surface area contributed by atoms with Gasteiger partial charge in [0.25, 0.3) is 17.7 Å². The minimum atomic E-state index is -3.04. The molecule has 9 heterocycles. The molecule has 0 bridgehead atoms. The number of thiazole rings is 1. The van der Waals surface area contributed by atoms with E-state index in [9.17, 15) is 72.0 Å². The van der Waals surface area contributed by atoms with Crippen molar-refractivity contribution in [1.29, 1.82) is 0 Å². The Morgan fingerprint density at radius 1 is 0.577 bits per heavy atom. The van der Waals surface area contributed by atoms with Crippen LogP contribution in [0.4, 0.5) is 4.79 Å². The minimum absolute atomic E-state index is 0. The Kier molecular flexibility index (Phi) is 37.3. The molecule has 606 valence electrons. The largest absolute Gasteiger partial charge is 1.00 e. The van der Waals surface area contributed by atoms with Gasteiger partial charge in [-0.15, -0.1) is 67.9 Å². The molecule has 8 aliphatic heterocycles. The molecule has 38 nitrogen and oxygen atoms in total. The minimum Gasteiger partial charge on any atom is -0.765 e. The summed E-state index contributed by atoms with van der Waals surface area (Å²) in [5.74, 6) is -4.25. The molecular weight excluding hydrogens is 1670 g/mol. The number of carboxylic acid groups (broad SMARTS) is 3. The number of aliphatic carboxylic acids is 3. The van der Waals surface area contributed by atoms with Crippen LogP contribution in [0.2, 0.25) is 0 Å². The first-order valence-corrected chi connectivity index (χ1v) is 44.6. The molecule has 7 amide bonds. The number of aliphatic imine (C=N–C) groups is 3. The fraction of sp³-hybridized carbons (Fsp3) is 0.574. The molecule has 14 N–H and O–H groups in total. The van der Waals surface area contributed by atoms with Gasteiger partial charge in [0.05, 0.1) is 23.0 Å². The van der Waals surface area contributed by atoms with E-state index in [1.807, 2.05) is 96.9 Å². The third-order valence-corrected chi connectivity index (χ3v) is 26.4. The number of carbonyl (C=O) groups is 10. The molecule has 3 fully saturated rings. The van der Waals surface area contributed by atoms with Gasteiger partial charge in [-0.2, -0.15) is 10.0 Å². The molecule has 9 rings (SSSR count). The maximum absolute atomic E-state index is 12.9. The number of amides is 7. The molecule has 7 unspecified atom stereocenters. The maximum Gasteiger partial charge on any atom is 1.00 e. The van der Waals surface area contributed by atoms with Gasteiger partial charge in [0.2, 0.25) is 33.9 Å². The number of hydrogen-bond donors (Lipinski definition) is 14. The molecule has 0 saturated carbocycles. The van der Waals surface area contributed by atoms with Crippen LogP contribution in [0.25, 0.3) is 0 Å². The number of nitrogens with zero attached hydrogens (tertiary/aromatic N) is 11. The first kappa shape index (κ1) is 94.2. The monoisotopic (exact) mass is 1760 g/mol. The van der Waals surface area contributed by atoms with Crippen molar-refractivity contribution in [3.8, 4) is 0 Å². The second-order valence-corrected chi connectivity index (χ2v) is 37.2. The number of aryl methyl sites for hydroxylation is 2. The van der Waals surface area contributed by atoms with Crippen LogP contribution in [0, 0.1) is 13.8 Å². The van der Waals surface area contributed by atoms with Crippen molar-refractivity contribution >= 4 is 213 Å². The summed E-state index contributed by atoms with van der Waals surface area (Å²) in [5.41, 5.74) is 11.9. The first-order chi connectivity index (χ1) is 51.9. The van der Waals surface area contributed by atoms with Gasteiger partial charge >= 0.3 is 52.7 Å².